The molecule has 0 unspecified atom stereocenters. The average molecular weight is 491 g/mol. The van der Waals surface area contributed by atoms with Gasteiger partial charge < -0.3 is 19.2 Å². The molecule has 0 radical (unpaired) electrons. The Balaban J connectivity index is 1.47. The van der Waals surface area contributed by atoms with E-state index in [4.69, 9.17) is 9.15 Å². The van der Waals surface area contributed by atoms with Gasteiger partial charge in [-0.25, -0.2) is 4.79 Å². The van der Waals surface area contributed by atoms with E-state index in [2.05, 4.69) is 9.80 Å². The van der Waals surface area contributed by atoms with Crippen LogP contribution in [0.4, 0.5) is 0 Å². The number of hydrogen-bond acceptors (Lipinski definition) is 6. The third kappa shape index (κ3) is 5.51. The van der Waals surface area contributed by atoms with Gasteiger partial charge in [-0.15, -0.1) is 0 Å². The highest BCUT2D eigenvalue weighted by atomic mass is 16.5. The van der Waals surface area contributed by atoms with Crippen LogP contribution in [0.1, 0.15) is 44.1 Å². The number of methoxy groups -OCH3 is 1. The molecule has 3 heterocycles. The molecule has 6 nitrogen and oxygen atoms in total. The average Bonchev–Trinajstić information content (AvgIpc) is 2.90. The number of hydrogen-bond donors (Lipinski definition) is 1. The Labute approximate surface area is 213 Å². The largest absolute Gasteiger partial charge is 0.507 e. The molecular formula is C30H38N2O4. The Bertz CT molecular complexity index is 1210. The summed E-state index contributed by atoms with van der Waals surface area (Å²) in [6, 6.07) is 15.7. The topological polar surface area (TPSA) is 66.2 Å². The molecule has 3 aromatic rings. The van der Waals surface area contributed by atoms with Crippen LogP contribution in [0.25, 0.3) is 22.1 Å². The Kier molecular flexibility index (Phi) is 8.05. The summed E-state index contributed by atoms with van der Waals surface area (Å²) in [6.07, 6.45) is 7.33. The van der Waals surface area contributed by atoms with E-state index < -0.39 is 5.63 Å². The number of aromatic hydroxyl groups is 1. The molecule has 0 saturated carbocycles. The number of benzene rings is 2. The Morgan fingerprint density at radius 1 is 1.08 bits per heavy atom. The maximum atomic E-state index is 12.6. The summed E-state index contributed by atoms with van der Waals surface area (Å²) in [5, 5.41) is 11.8. The van der Waals surface area contributed by atoms with Crippen LogP contribution in [-0.2, 0) is 11.3 Å². The summed E-state index contributed by atoms with van der Waals surface area (Å²) in [5.41, 5.74) is 2.57. The van der Waals surface area contributed by atoms with Crippen molar-refractivity contribution in [1.82, 2.24) is 9.80 Å². The van der Waals surface area contributed by atoms with E-state index in [0.29, 0.717) is 36.3 Å². The Morgan fingerprint density at radius 3 is 2.75 bits per heavy atom. The van der Waals surface area contributed by atoms with E-state index in [-0.39, 0.29) is 5.75 Å². The number of phenols is 1. The predicted octanol–water partition coefficient (Wildman–Crippen LogP) is 5.27. The number of rotatable bonds is 9. The van der Waals surface area contributed by atoms with Gasteiger partial charge >= 0.3 is 5.63 Å². The lowest BCUT2D eigenvalue weighted by Gasteiger charge is -2.45. The molecule has 1 aromatic heterocycles. The first kappa shape index (κ1) is 25.0. The first-order valence-electron chi connectivity index (χ1n) is 13.4. The first-order chi connectivity index (χ1) is 17.6. The fourth-order valence-electron chi connectivity index (χ4n) is 6.29. The van der Waals surface area contributed by atoms with Crippen LogP contribution in [0.2, 0.25) is 0 Å². The summed E-state index contributed by atoms with van der Waals surface area (Å²) in [5.74, 6) is 0.793. The number of phenolic OH excluding ortho intramolecular Hbond substituents is 1. The van der Waals surface area contributed by atoms with Gasteiger partial charge in [-0.2, -0.15) is 0 Å². The molecule has 2 atom stereocenters. The summed E-state index contributed by atoms with van der Waals surface area (Å²) < 4.78 is 11.1. The first-order valence-corrected chi connectivity index (χ1v) is 13.4. The van der Waals surface area contributed by atoms with Crippen molar-refractivity contribution in [1.29, 1.82) is 0 Å². The Morgan fingerprint density at radius 2 is 1.92 bits per heavy atom. The lowest BCUT2D eigenvalue weighted by molar-refractivity contribution is 0.0372. The van der Waals surface area contributed by atoms with Crippen molar-refractivity contribution in [3.8, 4) is 16.9 Å². The highest BCUT2D eigenvalue weighted by Gasteiger charge is 2.34. The van der Waals surface area contributed by atoms with Crippen LogP contribution in [0.15, 0.2) is 57.7 Å². The van der Waals surface area contributed by atoms with Crippen molar-refractivity contribution in [2.75, 3.05) is 39.9 Å². The van der Waals surface area contributed by atoms with Crippen LogP contribution in [0.3, 0.4) is 0 Å². The molecule has 0 bridgehead atoms. The maximum Gasteiger partial charge on any atom is 0.336 e. The second-order valence-electron chi connectivity index (χ2n) is 10.4. The van der Waals surface area contributed by atoms with Gasteiger partial charge in [0.1, 0.15) is 11.3 Å². The Hall–Kier alpha value is -2.67. The molecule has 2 aliphatic rings. The van der Waals surface area contributed by atoms with Crippen molar-refractivity contribution in [2.24, 2.45) is 5.92 Å². The molecule has 0 aliphatic carbocycles. The molecule has 192 valence electrons. The van der Waals surface area contributed by atoms with Gasteiger partial charge in [-0.3, -0.25) is 4.90 Å². The van der Waals surface area contributed by atoms with Crippen molar-refractivity contribution < 1.29 is 14.3 Å². The molecular weight excluding hydrogens is 452 g/mol. The van der Waals surface area contributed by atoms with Crippen LogP contribution < -0.4 is 5.63 Å². The van der Waals surface area contributed by atoms with Crippen LogP contribution in [-0.4, -0.2) is 60.8 Å². The van der Waals surface area contributed by atoms with Crippen LogP contribution >= 0.6 is 0 Å². The minimum absolute atomic E-state index is 0.176. The molecule has 6 heteroatoms. The smallest absolute Gasteiger partial charge is 0.336 e. The van der Waals surface area contributed by atoms with E-state index in [0.717, 1.165) is 36.0 Å². The van der Waals surface area contributed by atoms with E-state index in [1.807, 2.05) is 36.4 Å². The van der Waals surface area contributed by atoms with Gasteiger partial charge in [-0.05, 0) is 74.4 Å². The number of nitrogens with zero attached hydrogens (tertiary/aromatic N) is 2. The molecule has 2 fully saturated rings. The lowest BCUT2D eigenvalue weighted by Crippen LogP contribution is -2.51. The highest BCUT2D eigenvalue weighted by molar-refractivity contribution is 5.95. The van der Waals surface area contributed by atoms with E-state index in [1.165, 1.54) is 45.2 Å². The lowest BCUT2D eigenvalue weighted by atomic mass is 9.83. The molecule has 1 N–H and O–H groups in total. The quantitative estimate of drug-likeness (QED) is 0.326. The van der Waals surface area contributed by atoms with Crippen LogP contribution in [0, 0.1) is 5.92 Å². The SMILES string of the molecule is COCCCN(Cc1c(O)ccc2c(-c3ccccc3)cc(=O)oc12)C[C@@H]1CCCN2CCCC[C@H]12. The van der Waals surface area contributed by atoms with E-state index >= 15 is 0 Å². The van der Waals surface area contributed by atoms with E-state index in [9.17, 15) is 9.90 Å². The molecule has 2 saturated heterocycles. The minimum atomic E-state index is -0.399. The number of fused-ring (bicyclic) bond motifs is 2. The molecule has 36 heavy (non-hydrogen) atoms. The summed E-state index contributed by atoms with van der Waals surface area (Å²) in [6.45, 7) is 5.53. The van der Waals surface area contributed by atoms with Crippen molar-refractivity contribution in [3.63, 3.8) is 0 Å². The fraction of sp³-hybridized carbons (Fsp3) is 0.500. The van der Waals surface area contributed by atoms with Gasteiger partial charge in [0.2, 0.25) is 0 Å². The third-order valence-corrected chi connectivity index (χ3v) is 8.00. The maximum absolute atomic E-state index is 12.6. The van der Waals surface area contributed by atoms with E-state index in [1.54, 1.807) is 19.2 Å². The standard InChI is InChI=1S/C30H38N2O4/c1-35-18-8-15-31(20-23-11-7-17-32-16-6-5-12-27(23)32)21-26-28(33)14-13-24-25(19-29(34)36-30(24)26)22-9-3-2-4-10-22/h2-4,9-10,13-14,19,23,27,33H,5-8,11-12,15-18,20-21H2,1H3/t23-,27+/m0/s1. The summed E-state index contributed by atoms with van der Waals surface area (Å²) in [7, 11) is 1.74. The minimum Gasteiger partial charge on any atom is -0.507 e. The fourth-order valence-corrected chi connectivity index (χ4v) is 6.29. The molecule has 0 spiro atoms. The molecule has 5 rings (SSSR count). The molecule has 2 aliphatic heterocycles. The zero-order chi connectivity index (χ0) is 24.9. The monoisotopic (exact) mass is 490 g/mol. The van der Waals surface area contributed by atoms with Gasteiger partial charge in [0.05, 0.1) is 5.56 Å². The number of ether oxygens (including phenoxy) is 1. The molecule has 0 amide bonds. The summed E-state index contributed by atoms with van der Waals surface area (Å²) in [4.78, 5) is 17.8. The highest BCUT2D eigenvalue weighted by Crippen LogP contribution is 2.35. The number of piperidine rings is 2. The zero-order valence-electron chi connectivity index (χ0n) is 21.3. The third-order valence-electron chi connectivity index (χ3n) is 8.00. The van der Waals surface area contributed by atoms with Gasteiger partial charge in [0.25, 0.3) is 0 Å². The second-order valence-corrected chi connectivity index (χ2v) is 10.4. The van der Waals surface area contributed by atoms with Gasteiger partial charge in [0.15, 0.2) is 0 Å². The predicted molar refractivity (Wildman–Crippen MR) is 143 cm³/mol. The van der Waals surface area contributed by atoms with Crippen LogP contribution in [0.5, 0.6) is 5.75 Å². The molecule has 2 aromatic carbocycles. The van der Waals surface area contributed by atoms with Crippen molar-refractivity contribution in [3.05, 3.63) is 64.5 Å². The van der Waals surface area contributed by atoms with Gasteiger partial charge in [0, 0.05) is 50.8 Å². The van der Waals surface area contributed by atoms with Crippen molar-refractivity contribution in [2.45, 2.75) is 51.1 Å². The van der Waals surface area contributed by atoms with Crippen molar-refractivity contribution >= 4 is 11.0 Å². The zero-order valence-corrected chi connectivity index (χ0v) is 21.3. The van der Waals surface area contributed by atoms with Gasteiger partial charge in [-0.1, -0.05) is 36.8 Å². The normalized spacial score (nSPS) is 20.6. The second kappa shape index (κ2) is 11.6. The summed E-state index contributed by atoms with van der Waals surface area (Å²) >= 11 is 0.